The first-order valence-corrected chi connectivity index (χ1v) is 4.20. The third kappa shape index (κ3) is 1.14. The van der Waals surface area contributed by atoms with Gasteiger partial charge in [0.2, 0.25) is 0 Å². The lowest BCUT2D eigenvalue weighted by atomic mass is 10.2. The molecule has 0 saturated heterocycles. The molecule has 4 heteroatoms. The number of hydrogen-bond acceptors (Lipinski definition) is 3. The molecule has 1 aliphatic rings. The molecule has 1 N–H and O–H groups in total. The van der Waals surface area contributed by atoms with Gasteiger partial charge in [0.25, 0.3) is 0 Å². The SMILES string of the molecule is CCn1nncc1C1=CCNC1. The molecule has 2 heterocycles. The summed E-state index contributed by atoms with van der Waals surface area (Å²) in [5.74, 6) is 0. The summed E-state index contributed by atoms with van der Waals surface area (Å²) in [5.41, 5.74) is 2.45. The van der Waals surface area contributed by atoms with Crippen molar-refractivity contribution in [3.63, 3.8) is 0 Å². The lowest BCUT2D eigenvalue weighted by Crippen LogP contribution is -2.09. The van der Waals surface area contributed by atoms with Crippen molar-refractivity contribution in [1.82, 2.24) is 20.3 Å². The average molecular weight is 164 g/mol. The van der Waals surface area contributed by atoms with E-state index in [9.17, 15) is 0 Å². The number of nitrogens with one attached hydrogen (secondary N) is 1. The van der Waals surface area contributed by atoms with E-state index in [1.165, 1.54) is 5.57 Å². The van der Waals surface area contributed by atoms with Gasteiger partial charge in [-0.15, -0.1) is 5.10 Å². The summed E-state index contributed by atoms with van der Waals surface area (Å²) in [5, 5.41) is 11.1. The zero-order valence-electron chi connectivity index (χ0n) is 7.12. The Labute approximate surface area is 71.3 Å². The molecule has 64 valence electrons. The summed E-state index contributed by atoms with van der Waals surface area (Å²) in [6.07, 6.45) is 4.01. The lowest BCUT2D eigenvalue weighted by molar-refractivity contribution is 0.619. The van der Waals surface area contributed by atoms with Crippen LogP contribution in [-0.2, 0) is 6.54 Å². The van der Waals surface area contributed by atoms with E-state index in [-0.39, 0.29) is 0 Å². The molecule has 0 radical (unpaired) electrons. The van der Waals surface area contributed by atoms with Gasteiger partial charge in [0.15, 0.2) is 0 Å². The molecule has 0 unspecified atom stereocenters. The number of aromatic nitrogens is 3. The molecule has 0 bridgehead atoms. The van der Waals surface area contributed by atoms with E-state index < -0.39 is 0 Å². The molecular formula is C8H12N4. The summed E-state index contributed by atoms with van der Waals surface area (Å²) < 4.78 is 1.92. The first-order chi connectivity index (χ1) is 5.92. The molecule has 4 nitrogen and oxygen atoms in total. The van der Waals surface area contributed by atoms with Crippen LogP contribution in [0.15, 0.2) is 12.3 Å². The van der Waals surface area contributed by atoms with Gasteiger partial charge in [-0.2, -0.15) is 0 Å². The highest BCUT2D eigenvalue weighted by Gasteiger charge is 2.10. The Hall–Kier alpha value is -1.16. The second-order valence-corrected chi connectivity index (χ2v) is 2.80. The fourth-order valence-electron chi connectivity index (χ4n) is 1.41. The van der Waals surface area contributed by atoms with Crippen LogP contribution < -0.4 is 5.32 Å². The maximum Gasteiger partial charge on any atom is 0.0855 e. The van der Waals surface area contributed by atoms with Crippen molar-refractivity contribution in [3.05, 3.63) is 18.0 Å². The molecule has 0 amide bonds. The summed E-state index contributed by atoms with van der Waals surface area (Å²) in [7, 11) is 0. The zero-order valence-corrected chi connectivity index (χ0v) is 7.12. The predicted octanol–water partition coefficient (Wildman–Crippen LogP) is 0.285. The summed E-state index contributed by atoms with van der Waals surface area (Å²) in [6, 6.07) is 0. The van der Waals surface area contributed by atoms with Crippen molar-refractivity contribution in [2.24, 2.45) is 0 Å². The smallest absolute Gasteiger partial charge is 0.0855 e. The van der Waals surface area contributed by atoms with E-state index in [4.69, 9.17) is 0 Å². The van der Waals surface area contributed by atoms with Gasteiger partial charge in [0, 0.05) is 19.6 Å². The van der Waals surface area contributed by atoms with Crippen molar-refractivity contribution < 1.29 is 0 Å². The van der Waals surface area contributed by atoms with E-state index in [2.05, 4.69) is 28.6 Å². The van der Waals surface area contributed by atoms with Gasteiger partial charge in [-0.25, -0.2) is 4.68 Å². The minimum absolute atomic E-state index is 0.882. The van der Waals surface area contributed by atoms with Gasteiger partial charge in [0.1, 0.15) is 0 Å². The van der Waals surface area contributed by atoms with Crippen LogP contribution in [0.25, 0.3) is 5.57 Å². The molecular weight excluding hydrogens is 152 g/mol. The van der Waals surface area contributed by atoms with Gasteiger partial charge in [0.05, 0.1) is 11.9 Å². The van der Waals surface area contributed by atoms with E-state index in [0.717, 1.165) is 25.3 Å². The van der Waals surface area contributed by atoms with Gasteiger partial charge >= 0.3 is 0 Å². The standard InChI is InChI=1S/C8H12N4/c1-2-12-8(6-10-11-12)7-3-4-9-5-7/h3,6,9H,2,4-5H2,1H3. The maximum absolute atomic E-state index is 3.98. The summed E-state index contributed by atoms with van der Waals surface area (Å²) in [4.78, 5) is 0. The number of nitrogens with zero attached hydrogens (tertiary/aromatic N) is 3. The van der Waals surface area contributed by atoms with E-state index >= 15 is 0 Å². The van der Waals surface area contributed by atoms with Crippen LogP contribution in [-0.4, -0.2) is 28.1 Å². The van der Waals surface area contributed by atoms with Crippen molar-refractivity contribution in [3.8, 4) is 0 Å². The molecule has 1 aromatic rings. The minimum atomic E-state index is 0.882. The van der Waals surface area contributed by atoms with Crippen molar-refractivity contribution in [2.45, 2.75) is 13.5 Å². The first-order valence-electron chi connectivity index (χ1n) is 4.20. The molecule has 12 heavy (non-hydrogen) atoms. The Bertz CT molecular complexity index is 300. The molecule has 0 spiro atoms. The molecule has 0 aliphatic carbocycles. The number of aryl methyl sites for hydroxylation is 1. The van der Waals surface area contributed by atoms with Gasteiger partial charge in [-0.3, -0.25) is 0 Å². The Balaban J connectivity index is 2.32. The monoisotopic (exact) mass is 164 g/mol. The van der Waals surface area contributed by atoms with Crippen molar-refractivity contribution in [2.75, 3.05) is 13.1 Å². The van der Waals surface area contributed by atoms with E-state index in [1.807, 2.05) is 10.9 Å². The quantitative estimate of drug-likeness (QED) is 0.683. The van der Waals surface area contributed by atoms with E-state index in [0.29, 0.717) is 0 Å². The largest absolute Gasteiger partial charge is 0.309 e. The first kappa shape index (κ1) is 7.49. The Morgan fingerprint density at radius 1 is 1.67 bits per heavy atom. The van der Waals surface area contributed by atoms with Gasteiger partial charge < -0.3 is 5.32 Å². The molecule has 0 atom stereocenters. The van der Waals surface area contributed by atoms with Gasteiger partial charge in [-0.1, -0.05) is 11.3 Å². The third-order valence-corrected chi connectivity index (χ3v) is 2.05. The van der Waals surface area contributed by atoms with Crippen LogP contribution >= 0.6 is 0 Å². The average Bonchev–Trinajstić information content (AvgIpc) is 2.74. The van der Waals surface area contributed by atoms with Crippen molar-refractivity contribution in [1.29, 1.82) is 0 Å². The molecule has 0 fully saturated rings. The predicted molar refractivity (Wildman–Crippen MR) is 46.5 cm³/mol. The lowest BCUT2D eigenvalue weighted by Gasteiger charge is -2.02. The van der Waals surface area contributed by atoms with Crippen LogP contribution in [0.4, 0.5) is 0 Å². The Morgan fingerprint density at radius 2 is 2.58 bits per heavy atom. The van der Waals surface area contributed by atoms with Crippen LogP contribution in [0.2, 0.25) is 0 Å². The molecule has 1 aromatic heterocycles. The third-order valence-electron chi connectivity index (χ3n) is 2.05. The van der Waals surface area contributed by atoms with Crippen LogP contribution in [0.3, 0.4) is 0 Å². The second kappa shape index (κ2) is 3.06. The Morgan fingerprint density at radius 3 is 3.25 bits per heavy atom. The minimum Gasteiger partial charge on any atom is -0.309 e. The van der Waals surface area contributed by atoms with Crippen LogP contribution in [0.5, 0.6) is 0 Å². The molecule has 0 aromatic carbocycles. The van der Waals surface area contributed by atoms with Crippen LogP contribution in [0.1, 0.15) is 12.6 Å². The van der Waals surface area contributed by atoms with E-state index in [1.54, 1.807) is 0 Å². The summed E-state index contributed by atoms with van der Waals surface area (Å²) in [6.45, 7) is 4.85. The maximum atomic E-state index is 3.98. The highest BCUT2D eigenvalue weighted by atomic mass is 15.4. The summed E-state index contributed by atoms with van der Waals surface area (Å²) >= 11 is 0. The molecule has 2 rings (SSSR count). The fourth-order valence-corrected chi connectivity index (χ4v) is 1.41. The Kier molecular flexibility index (Phi) is 1.91. The van der Waals surface area contributed by atoms with Crippen LogP contribution in [0, 0.1) is 0 Å². The number of hydrogen-bond donors (Lipinski definition) is 1. The zero-order chi connectivity index (χ0) is 8.39. The highest BCUT2D eigenvalue weighted by Crippen LogP contribution is 2.14. The fraction of sp³-hybridized carbons (Fsp3) is 0.500. The topological polar surface area (TPSA) is 42.7 Å². The highest BCUT2D eigenvalue weighted by molar-refractivity contribution is 5.65. The second-order valence-electron chi connectivity index (χ2n) is 2.80. The molecule has 0 saturated carbocycles. The number of rotatable bonds is 2. The normalized spacial score (nSPS) is 16.6. The van der Waals surface area contributed by atoms with Crippen molar-refractivity contribution >= 4 is 5.57 Å². The molecule has 1 aliphatic heterocycles. The van der Waals surface area contributed by atoms with Gasteiger partial charge in [-0.05, 0) is 12.5 Å².